The Balaban J connectivity index is 2.10. The molecule has 1 unspecified atom stereocenters. The monoisotopic (exact) mass is 330 g/mol. The standard InChI is InChI=1S/C13H19BrN2O3/c1-13(2,3)18-12(17)16-6-4-5-11(16)10-7-9(8-14)19-15-10/h7,11H,4-6,8H2,1-3H3. The molecule has 1 fully saturated rings. The van der Waals surface area contributed by atoms with Crippen molar-refractivity contribution < 1.29 is 14.1 Å². The minimum Gasteiger partial charge on any atom is -0.444 e. The van der Waals surface area contributed by atoms with Gasteiger partial charge in [-0.15, -0.1) is 0 Å². The maximum absolute atomic E-state index is 12.2. The normalized spacial score (nSPS) is 19.8. The second-order valence-corrected chi connectivity index (χ2v) is 6.24. The van der Waals surface area contributed by atoms with Crippen LogP contribution in [0.15, 0.2) is 10.6 Å². The summed E-state index contributed by atoms with van der Waals surface area (Å²) in [5.41, 5.74) is 0.326. The Morgan fingerprint density at radius 3 is 2.95 bits per heavy atom. The molecule has 1 amide bonds. The van der Waals surface area contributed by atoms with Gasteiger partial charge in [0.25, 0.3) is 0 Å². The first kappa shape index (κ1) is 14.4. The number of carbonyl (C=O) groups excluding carboxylic acids is 1. The Kier molecular flexibility index (Phi) is 4.18. The minimum absolute atomic E-state index is 0.0357. The van der Waals surface area contributed by atoms with Gasteiger partial charge in [0.15, 0.2) is 0 Å². The Labute approximate surface area is 121 Å². The number of amides is 1. The van der Waals surface area contributed by atoms with Gasteiger partial charge in [-0.25, -0.2) is 4.79 Å². The number of ether oxygens (including phenoxy) is 1. The Hall–Kier alpha value is -1.04. The summed E-state index contributed by atoms with van der Waals surface area (Å²) in [6.07, 6.45) is 1.58. The first-order valence-electron chi connectivity index (χ1n) is 6.42. The lowest BCUT2D eigenvalue weighted by molar-refractivity contribution is 0.0219. The fourth-order valence-corrected chi connectivity index (χ4v) is 2.43. The lowest BCUT2D eigenvalue weighted by Gasteiger charge is -2.27. The van der Waals surface area contributed by atoms with Crippen molar-refractivity contribution in [2.24, 2.45) is 0 Å². The fraction of sp³-hybridized carbons (Fsp3) is 0.692. The molecule has 5 nitrogen and oxygen atoms in total. The van der Waals surface area contributed by atoms with Gasteiger partial charge in [-0.2, -0.15) is 0 Å². The highest BCUT2D eigenvalue weighted by atomic mass is 79.9. The number of halogens is 1. The molecule has 106 valence electrons. The zero-order valence-electron chi connectivity index (χ0n) is 11.5. The lowest BCUT2D eigenvalue weighted by Crippen LogP contribution is -2.36. The van der Waals surface area contributed by atoms with Crippen LogP contribution in [0.3, 0.4) is 0 Å². The molecule has 0 aromatic carbocycles. The zero-order chi connectivity index (χ0) is 14.0. The van der Waals surface area contributed by atoms with E-state index in [9.17, 15) is 4.79 Å². The Bertz CT molecular complexity index is 453. The molecule has 0 saturated carbocycles. The number of hydrogen-bond acceptors (Lipinski definition) is 4. The van der Waals surface area contributed by atoms with Crippen molar-refractivity contribution in [3.05, 3.63) is 17.5 Å². The maximum atomic E-state index is 12.2. The quantitative estimate of drug-likeness (QED) is 0.777. The van der Waals surface area contributed by atoms with Crippen molar-refractivity contribution in [3.8, 4) is 0 Å². The summed E-state index contributed by atoms with van der Waals surface area (Å²) < 4.78 is 10.6. The molecule has 2 heterocycles. The molecule has 0 bridgehead atoms. The van der Waals surface area contributed by atoms with Gasteiger partial charge >= 0.3 is 6.09 Å². The largest absolute Gasteiger partial charge is 0.444 e. The van der Waals surface area contributed by atoms with E-state index in [1.807, 2.05) is 26.8 Å². The van der Waals surface area contributed by atoms with Gasteiger partial charge in [-0.1, -0.05) is 21.1 Å². The van der Waals surface area contributed by atoms with Gasteiger partial charge in [-0.3, -0.25) is 4.90 Å². The number of rotatable bonds is 2. The van der Waals surface area contributed by atoms with E-state index < -0.39 is 5.60 Å². The van der Waals surface area contributed by atoms with E-state index in [1.54, 1.807) is 4.90 Å². The smallest absolute Gasteiger partial charge is 0.410 e. The fourth-order valence-electron chi connectivity index (χ4n) is 2.16. The van der Waals surface area contributed by atoms with Crippen molar-refractivity contribution in [2.45, 2.75) is 50.6 Å². The molecule has 1 aromatic rings. The second-order valence-electron chi connectivity index (χ2n) is 5.68. The van der Waals surface area contributed by atoms with E-state index in [1.165, 1.54) is 0 Å². The zero-order valence-corrected chi connectivity index (χ0v) is 13.1. The van der Waals surface area contributed by atoms with Crippen LogP contribution in [0.1, 0.15) is 51.1 Å². The third-order valence-corrected chi connectivity index (χ3v) is 3.48. The molecule has 19 heavy (non-hydrogen) atoms. The van der Waals surface area contributed by atoms with E-state index in [4.69, 9.17) is 9.26 Å². The average molecular weight is 331 g/mol. The molecule has 1 aromatic heterocycles. The lowest BCUT2D eigenvalue weighted by atomic mass is 10.1. The van der Waals surface area contributed by atoms with Crippen molar-refractivity contribution in [1.29, 1.82) is 0 Å². The maximum Gasteiger partial charge on any atom is 0.410 e. The molecule has 1 saturated heterocycles. The molecule has 1 aliphatic rings. The minimum atomic E-state index is -0.477. The van der Waals surface area contributed by atoms with Crippen molar-refractivity contribution >= 4 is 22.0 Å². The van der Waals surface area contributed by atoms with Gasteiger partial charge < -0.3 is 9.26 Å². The molecule has 0 radical (unpaired) electrons. The molecule has 0 aliphatic carbocycles. The highest BCUT2D eigenvalue weighted by molar-refractivity contribution is 9.08. The SMILES string of the molecule is CC(C)(C)OC(=O)N1CCCC1c1cc(CBr)on1. The van der Waals surface area contributed by atoms with Crippen LogP contribution in [0.25, 0.3) is 0 Å². The Morgan fingerprint density at radius 1 is 1.63 bits per heavy atom. The van der Waals surface area contributed by atoms with Crippen LogP contribution >= 0.6 is 15.9 Å². The summed E-state index contributed by atoms with van der Waals surface area (Å²) in [6.45, 7) is 6.31. The number of nitrogens with zero attached hydrogens (tertiary/aromatic N) is 2. The summed E-state index contributed by atoms with van der Waals surface area (Å²) in [4.78, 5) is 13.9. The van der Waals surface area contributed by atoms with Crippen LogP contribution in [-0.2, 0) is 10.1 Å². The van der Waals surface area contributed by atoms with Crippen LogP contribution in [0.5, 0.6) is 0 Å². The number of likely N-dealkylation sites (tertiary alicyclic amines) is 1. The predicted molar refractivity (Wildman–Crippen MR) is 74.0 cm³/mol. The van der Waals surface area contributed by atoms with Gasteiger partial charge in [0.1, 0.15) is 17.1 Å². The number of carbonyl (C=O) groups is 1. The summed E-state index contributed by atoms with van der Waals surface area (Å²) in [5, 5.41) is 4.67. The summed E-state index contributed by atoms with van der Waals surface area (Å²) in [6, 6.07) is 1.86. The van der Waals surface area contributed by atoms with E-state index in [-0.39, 0.29) is 12.1 Å². The number of aromatic nitrogens is 1. The van der Waals surface area contributed by atoms with Crippen molar-refractivity contribution in [1.82, 2.24) is 10.1 Å². The first-order chi connectivity index (χ1) is 8.90. The average Bonchev–Trinajstić information content (AvgIpc) is 2.95. The van der Waals surface area contributed by atoms with Crippen molar-refractivity contribution in [3.63, 3.8) is 0 Å². The second kappa shape index (κ2) is 5.53. The van der Waals surface area contributed by atoms with E-state index in [0.29, 0.717) is 11.9 Å². The summed E-state index contributed by atoms with van der Waals surface area (Å²) >= 11 is 3.32. The molecule has 6 heteroatoms. The summed E-state index contributed by atoms with van der Waals surface area (Å²) in [5.74, 6) is 0.769. The van der Waals surface area contributed by atoms with E-state index in [2.05, 4.69) is 21.1 Å². The van der Waals surface area contributed by atoms with E-state index in [0.717, 1.165) is 24.3 Å². The van der Waals surface area contributed by atoms with Crippen LogP contribution in [0, 0.1) is 0 Å². The molecule has 2 rings (SSSR count). The molecule has 0 N–H and O–H groups in total. The number of alkyl halides is 1. The first-order valence-corrected chi connectivity index (χ1v) is 7.54. The third kappa shape index (κ3) is 3.49. The molecule has 1 aliphatic heterocycles. The van der Waals surface area contributed by atoms with Gasteiger partial charge in [0.2, 0.25) is 0 Å². The topological polar surface area (TPSA) is 55.6 Å². The molecule has 1 atom stereocenters. The van der Waals surface area contributed by atoms with Gasteiger partial charge in [0.05, 0.1) is 11.4 Å². The van der Waals surface area contributed by atoms with Gasteiger partial charge in [-0.05, 0) is 33.6 Å². The molecule has 0 spiro atoms. The number of hydrogen-bond donors (Lipinski definition) is 0. The Morgan fingerprint density at radius 2 is 2.37 bits per heavy atom. The predicted octanol–water partition coefficient (Wildman–Crippen LogP) is 3.64. The van der Waals surface area contributed by atoms with Crippen LogP contribution < -0.4 is 0 Å². The summed E-state index contributed by atoms with van der Waals surface area (Å²) in [7, 11) is 0. The highest BCUT2D eigenvalue weighted by Crippen LogP contribution is 2.33. The van der Waals surface area contributed by atoms with Crippen LogP contribution in [0.2, 0.25) is 0 Å². The molecular formula is C13H19BrN2O3. The van der Waals surface area contributed by atoms with Crippen LogP contribution in [0.4, 0.5) is 4.79 Å². The van der Waals surface area contributed by atoms with Crippen molar-refractivity contribution in [2.75, 3.05) is 6.54 Å². The highest BCUT2D eigenvalue weighted by Gasteiger charge is 2.34. The third-order valence-electron chi connectivity index (χ3n) is 2.93. The molecular weight excluding hydrogens is 312 g/mol. The van der Waals surface area contributed by atoms with Gasteiger partial charge in [0, 0.05) is 12.6 Å². The van der Waals surface area contributed by atoms with E-state index >= 15 is 0 Å². The van der Waals surface area contributed by atoms with Crippen LogP contribution in [-0.4, -0.2) is 28.3 Å².